The number of nitro groups is 1. The predicted molar refractivity (Wildman–Crippen MR) is 111 cm³/mol. The van der Waals surface area contributed by atoms with Gasteiger partial charge < -0.3 is 10.1 Å². The SMILES string of the molecule is CC[C@H](C(=O)Nc1ccccc1C(=O)OC)N(c1cccc([N+](=O)[O-])c1)S(C)(=O)=O. The molecule has 0 heterocycles. The summed E-state index contributed by atoms with van der Waals surface area (Å²) in [4.78, 5) is 35.3. The van der Waals surface area contributed by atoms with Crippen LogP contribution in [0.1, 0.15) is 23.7 Å². The zero-order chi connectivity index (χ0) is 22.5. The van der Waals surface area contributed by atoms with Crippen molar-refractivity contribution in [3.05, 3.63) is 64.2 Å². The maximum Gasteiger partial charge on any atom is 0.339 e. The predicted octanol–water partition coefficient (Wildman–Crippen LogP) is 2.56. The number of benzene rings is 2. The van der Waals surface area contributed by atoms with Crippen molar-refractivity contribution in [1.29, 1.82) is 0 Å². The summed E-state index contributed by atoms with van der Waals surface area (Å²) in [7, 11) is -2.78. The minimum absolute atomic E-state index is 0.0186. The highest BCUT2D eigenvalue weighted by Gasteiger charge is 2.32. The topological polar surface area (TPSA) is 136 Å². The minimum atomic E-state index is -3.98. The first-order valence-electron chi connectivity index (χ1n) is 8.82. The van der Waals surface area contributed by atoms with Crippen molar-refractivity contribution in [3.8, 4) is 0 Å². The van der Waals surface area contributed by atoms with Gasteiger partial charge in [-0.15, -0.1) is 0 Å². The molecule has 0 saturated carbocycles. The highest BCUT2D eigenvalue weighted by atomic mass is 32.2. The van der Waals surface area contributed by atoms with E-state index in [1.807, 2.05) is 0 Å². The third-order valence-corrected chi connectivity index (χ3v) is 5.39. The highest BCUT2D eigenvalue weighted by molar-refractivity contribution is 7.92. The molecule has 30 heavy (non-hydrogen) atoms. The number of methoxy groups -OCH3 is 1. The van der Waals surface area contributed by atoms with E-state index in [2.05, 4.69) is 5.32 Å². The van der Waals surface area contributed by atoms with E-state index in [4.69, 9.17) is 4.74 Å². The number of hydrogen-bond donors (Lipinski definition) is 1. The van der Waals surface area contributed by atoms with Crippen molar-refractivity contribution in [2.24, 2.45) is 0 Å². The van der Waals surface area contributed by atoms with Crippen molar-refractivity contribution in [2.75, 3.05) is 23.0 Å². The normalized spacial score (nSPS) is 12.0. The number of hydrogen-bond acceptors (Lipinski definition) is 7. The van der Waals surface area contributed by atoms with Crippen LogP contribution >= 0.6 is 0 Å². The van der Waals surface area contributed by atoms with Gasteiger partial charge in [-0.1, -0.05) is 25.1 Å². The number of carbonyl (C=O) groups excluding carboxylic acids is 2. The number of non-ortho nitro benzene ring substituents is 1. The van der Waals surface area contributed by atoms with Crippen LogP contribution in [0.5, 0.6) is 0 Å². The average molecular weight is 435 g/mol. The molecule has 0 bridgehead atoms. The average Bonchev–Trinajstić information content (AvgIpc) is 2.70. The molecule has 160 valence electrons. The molecule has 0 saturated heterocycles. The van der Waals surface area contributed by atoms with Crippen LogP contribution in [-0.4, -0.2) is 44.6 Å². The Morgan fingerprint density at radius 3 is 2.43 bits per heavy atom. The van der Waals surface area contributed by atoms with E-state index < -0.39 is 32.9 Å². The number of nitro benzene ring substituents is 1. The quantitative estimate of drug-likeness (QED) is 0.382. The van der Waals surface area contributed by atoms with Crippen molar-refractivity contribution >= 4 is 39.0 Å². The molecule has 0 radical (unpaired) electrons. The van der Waals surface area contributed by atoms with E-state index >= 15 is 0 Å². The summed E-state index contributed by atoms with van der Waals surface area (Å²) in [5, 5.41) is 13.6. The largest absolute Gasteiger partial charge is 0.465 e. The molecule has 2 aromatic rings. The second kappa shape index (κ2) is 9.35. The van der Waals surface area contributed by atoms with Gasteiger partial charge in [0.05, 0.1) is 35.2 Å². The van der Waals surface area contributed by atoms with Crippen LogP contribution in [0.4, 0.5) is 17.1 Å². The van der Waals surface area contributed by atoms with Gasteiger partial charge in [-0.3, -0.25) is 19.2 Å². The molecule has 0 unspecified atom stereocenters. The van der Waals surface area contributed by atoms with Crippen molar-refractivity contribution in [3.63, 3.8) is 0 Å². The first-order chi connectivity index (χ1) is 14.1. The van der Waals surface area contributed by atoms with Crippen LogP contribution in [0, 0.1) is 10.1 Å². The van der Waals surface area contributed by atoms with Crippen LogP contribution in [0.3, 0.4) is 0 Å². The summed E-state index contributed by atoms with van der Waals surface area (Å²) in [5.41, 5.74) is -0.0767. The Morgan fingerprint density at radius 2 is 1.87 bits per heavy atom. The first-order valence-corrected chi connectivity index (χ1v) is 10.7. The Labute approximate surface area is 173 Å². The molecule has 0 aliphatic carbocycles. The van der Waals surface area contributed by atoms with Crippen LogP contribution in [0.15, 0.2) is 48.5 Å². The molecule has 1 N–H and O–H groups in total. The Bertz CT molecular complexity index is 1070. The summed E-state index contributed by atoms with van der Waals surface area (Å²) in [5.74, 6) is -1.37. The molecule has 2 rings (SSSR count). The highest BCUT2D eigenvalue weighted by Crippen LogP contribution is 2.27. The molecule has 1 atom stereocenters. The first kappa shape index (κ1) is 22.8. The molecule has 0 spiro atoms. The number of nitrogens with one attached hydrogen (secondary N) is 1. The lowest BCUT2D eigenvalue weighted by molar-refractivity contribution is -0.384. The van der Waals surface area contributed by atoms with Crippen LogP contribution < -0.4 is 9.62 Å². The second-order valence-corrected chi connectivity index (χ2v) is 8.15. The summed E-state index contributed by atoms with van der Waals surface area (Å²) in [6.07, 6.45) is 0.978. The Balaban J connectivity index is 2.47. The molecule has 0 aromatic heterocycles. The standard InChI is InChI=1S/C19H21N3O7S/c1-4-17(18(23)20-16-11-6-5-10-15(16)19(24)29-2)21(30(3,27)28)13-8-7-9-14(12-13)22(25)26/h5-12,17H,4H2,1-3H3,(H,20,23)/t17-/m1/s1. The lowest BCUT2D eigenvalue weighted by Gasteiger charge is -2.30. The third-order valence-electron chi connectivity index (χ3n) is 4.22. The second-order valence-electron chi connectivity index (χ2n) is 6.29. The number of esters is 1. The van der Waals surface area contributed by atoms with Gasteiger partial charge in [0.25, 0.3) is 5.69 Å². The Morgan fingerprint density at radius 1 is 1.20 bits per heavy atom. The molecule has 0 aliphatic heterocycles. The molecule has 1 amide bonds. The third kappa shape index (κ3) is 5.11. The number of anilines is 2. The van der Waals surface area contributed by atoms with E-state index in [9.17, 15) is 28.1 Å². The number of carbonyl (C=O) groups is 2. The molecule has 10 nitrogen and oxygen atoms in total. The van der Waals surface area contributed by atoms with E-state index in [1.54, 1.807) is 19.1 Å². The zero-order valence-electron chi connectivity index (χ0n) is 16.6. The van der Waals surface area contributed by atoms with Gasteiger partial charge >= 0.3 is 5.97 Å². The van der Waals surface area contributed by atoms with Crippen LogP contribution in [0.2, 0.25) is 0 Å². The van der Waals surface area contributed by atoms with E-state index in [-0.39, 0.29) is 29.0 Å². The van der Waals surface area contributed by atoms with E-state index in [1.165, 1.54) is 37.4 Å². The lowest BCUT2D eigenvalue weighted by Crippen LogP contribution is -2.47. The number of nitrogens with zero attached hydrogens (tertiary/aromatic N) is 2. The number of sulfonamides is 1. The molecule has 0 fully saturated rings. The summed E-state index contributed by atoms with van der Waals surface area (Å²) >= 11 is 0. The van der Waals surface area contributed by atoms with Gasteiger partial charge in [0, 0.05) is 12.1 Å². The Kier molecular flexibility index (Phi) is 7.11. The fourth-order valence-corrected chi connectivity index (χ4v) is 4.10. The van der Waals surface area contributed by atoms with Crippen LogP contribution in [-0.2, 0) is 19.6 Å². The zero-order valence-corrected chi connectivity index (χ0v) is 17.4. The van der Waals surface area contributed by atoms with Gasteiger partial charge in [0.1, 0.15) is 6.04 Å². The Hall–Kier alpha value is -3.47. The maximum atomic E-state index is 13.0. The van der Waals surface area contributed by atoms with Gasteiger partial charge in [-0.05, 0) is 24.6 Å². The summed E-state index contributed by atoms with van der Waals surface area (Å²) in [6.45, 7) is 1.60. The van der Waals surface area contributed by atoms with Crippen molar-refractivity contribution in [2.45, 2.75) is 19.4 Å². The van der Waals surface area contributed by atoms with Gasteiger partial charge in [0.2, 0.25) is 15.9 Å². The molecule has 11 heteroatoms. The van der Waals surface area contributed by atoms with Gasteiger partial charge in [-0.2, -0.15) is 0 Å². The van der Waals surface area contributed by atoms with Gasteiger partial charge in [-0.25, -0.2) is 13.2 Å². The molecule has 0 aliphatic rings. The lowest BCUT2D eigenvalue weighted by atomic mass is 10.1. The monoisotopic (exact) mass is 435 g/mol. The number of amides is 1. The fraction of sp³-hybridized carbons (Fsp3) is 0.263. The summed E-state index contributed by atoms with van der Waals surface area (Å²) in [6, 6.07) is 9.91. The van der Waals surface area contributed by atoms with Crippen molar-refractivity contribution < 1.29 is 27.7 Å². The minimum Gasteiger partial charge on any atom is -0.465 e. The van der Waals surface area contributed by atoms with Gasteiger partial charge in [0.15, 0.2) is 0 Å². The fourth-order valence-electron chi connectivity index (χ4n) is 2.90. The van der Waals surface area contributed by atoms with E-state index in [0.29, 0.717) is 0 Å². The van der Waals surface area contributed by atoms with E-state index in [0.717, 1.165) is 16.6 Å². The molecule has 2 aromatic carbocycles. The van der Waals surface area contributed by atoms with Crippen molar-refractivity contribution in [1.82, 2.24) is 0 Å². The number of para-hydroxylation sites is 1. The summed E-state index contributed by atoms with van der Waals surface area (Å²) < 4.78 is 30.5. The smallest absolute Gasteiger partial charge is 0.339 e. The molecular formula is C19H21N3O7S. The molecular weight excluding hydrogens is 414 g/mol. The maximum absolute atomic E-state index is 13.0. The number of ether oxygens (including phenoxy) is 1. The van der Waals surface area contributed by atoms with Crippen LogP contribution in [0.25, 0.3) is 0 Å². The number of rotatable bonds is 8.